The van der Waals surface area contributed by atoms with E-state index >= 15 is 0 Å². The third-order valence-electron chi connectivity index (χ3n) is 3.19. The van der Waals surface area contributed by atoms with Crippen LogP contribution in [-0.4, -0.2) is 0 Å². The normalized spacial score (nSPS) is 22.3. The van der Waals surface area contributed by atoms with E-state index < -0.39 is 11.7 Å². The minimum absolute atomic E-state index is 0.0436. The van der Waals surface area contributed by atoms with Gasteiger partial charge in [-0.3, -0.25) is 0 Å². The number of rotatable bonds is 2. The van der Waals surface area contributed by atoms with Crippen LogP contribution in [0.5, 0.6) is 0 Å². The second-order valence-electron chi connectivity index (χ2n) is 4.51. The number of hydrogen-bond donors (Lipinski definition) is 0. The lowest BCUT2D eigenvalue weighted by atomic mass is 10.0. The van der Waals surface area contributed by atoms with Crippen LogP contribution in [0.2, 0.25) is 0 Å². The molecule has 98 valence electrons. The molecule has 4 heteroatoms. The summed E-state index contributed by atoms with van der Waals surface area (Å²) in [4.78, 5) is 0. The molecule has 19 heavy (non-hydrogen) atoms. The van der Waals surface area contributed by atoms with Crippen LogP contribution in [0, 0.1) is 0 Å². The minimum atomic E-state index is -4.29. The highest BCUT2D eigenvalue weighted by Crippen LogP contribution is 2.50. The van der Waals surface area contributed by atoms with Gasteiger partial charge in [-0.05, 0) is 23.3 Å². The molecule has 0 spiro atoms. The molecule has 0 amide bonds. The fourth-order valence-corrected chi connectivity index (χ4v) is 2.12. The molecule has 1 saturated heterocycles. The first-order valence-corrected chi connectivity index (χ1v) is 5.93. The Morgan fingerprint density at radius 3 is 1.79 bits per heavy atom. The zero-order valence-electron chi connectivity index (χ0n) is 9.89. The topological polar surface area (TPSA) is 12.5 Å². The summed E-state index contributed by atoms with van der Waals surface area (Å²) < 4.78 is 42.9. The maximum atomic E-state index is 12.4. The predicted molar refractivity (Wildman–Crippen MR) is 64.5 cm³/mol. The van der Waals surface area contributed by atoms with Gasteiger partial charge in [0.25, 0.3) is 0 Å². The third-order valence-corrected chi connectivity index (χ3v) is 3.19. The second-order valence-corrected chi connectivity index (χ2v) is 4.51. The Labute approximate surface area is 108 Å². The van der Waals surface area contributed by atoms with Gasteiger partial charge in [0.1, 0.15) is 12.2 Å². The molecule has 1 heterocycles. The van der Waals surface area contributed by atoms with Crippen molar-refractivity contribution in [2.45, 2.75) is 18.4 Å². The number of benzene rings is 2. The van der Waals surface area contributed by atoms with Gasteiger partial charge in [0.15, 0.2) is 0 Å². The summed E-state index contributed by atoms with van der Waals surface area (Å²) in [5.74, 6) is 0. The lowest BCUT2D eigenvalue weighted by molar-refractivity contribution is -0.137. The molecular weight excluding hydrogens is 253 g/mol. The first-order chi connectivity index (χ1) is 9.05. The molecule has 3 rings (SSSR count). The molecule has 0 radical (unpaired) electrons. The third kappa shape index (κ3) is 2.49. The SMILES string of the molecule is FC(F)(F)c1ccc([C@@H]2O[C@@H]2c2ccccc2)cc1. The van der Waals surface area contributed by atoms with Crippen LogP contribution in [-0.2, 0) is 10.9 Å². The van der Waals surface area contributed by atoms with Gasteiger partial charge in [0, 0.05) is 0 Å². The van der Waals surface area contributed by atoms with E-state index in [9.17, 15) is 13.2 Å². The maximum absolute atomic E-state index is 12.4. The summed E-state index contributed by atoms with van der Waals surface area (Å²) in [7, 11) is 0. The highest BCUT2D eigenvalue weighted by molar-refractivity contribution is 5.32. The van der Waals surface area contributed by atoms with Crippen molar-refractivity contribution >= 4 is 0 Å². The Morgan fingerprint density at radius 2 is 1.26 bits per heavy atom. The van der Waals surface area contributed by atoms with Crippen LogP contribution in [0.3, 0.4) is 0 Å². The van der Waals surface area contributed by atoms with E-state index in [0.29, 0.717) is 0 Å². The highest BCUT2D eigenvalue weighted by Gasteiger charge is 2.41. The van der Waals surface area contributed by atoms with E-state index in [1.54, 1.807) is 0 Å². The molecule has 2 aromatic carbocycles. The van der Waals surface area contributed by atoms with E-state index in [-0.39, 0.29) is 12.2 Å². The summed E-state index contributed by atoms with van der Waals surface area (Å²) in [5, 5.41) is 0. The van der Waals surface area contributed by atoms with E-state index in [1.165, 1.54) is 12.1 Å². The Kier molecular flexibility index (Phi) is 2.82. The predicted octanol–water partition coefficient (Wildman–Crippen LogP) is 4.52. The number of epoxide rings is 1. The van der Waals surface area contributed by atoms with E-state index in [1.807, 2.05) is 30.3 Å². The maximum Gasteiger partial charge on any atom is 0.416 e. The van der Waals surface area contributed by atoms with Gasteiger partial charge >= 0.3 is 6.18 Å². The number of ether oxygens (including phenoxy) is 1. The quantitative estimate of drug-likeness (QED) is 0.726. The average molecular weight is 264 g/mol. The first kappa shape index (κ1) is 12.2. The van der Waals surface area contributed by atoms with Crippen LogP contribution < -0.4 is 0 Å². The Morgan fingerprint density at radius 1 is 0.737 bits per heavy atom. The lowest BCUT2D eigenvalue weighted by Crippen LogP contribution is -2.04. The Bertz CT molecular complexity index is 560. The van der Waals surface area contributed by atoms with Crippen molar-refractivity contribution in [3.63, 3.8) is 0 Å². The molecule has 1 nitrogen and oxygen atoms in total. The van der Waals surface area contributed by atoms with Crippen molar-refractivity contribution < 1.29 is 17.9 Å². The van der Waals surface area contributed by atoms with Crippen LogP contribution in [0.25, 0.3) is 0 Å². The molecular formula is C15H11F3O. The van der Waals surface area contributed by atoms with Gasteiger partial charge in [-0.1, -0.05) is 42.5 Å². The van der Waals surface area contributed by atoms with Crippen molar-refractivity contribution in [1.82, 2.24) is 0 Å². The van der Waals surface area contributed by atoms with Crippen LogP contribution in [0.4, 0.5) is 13.2 Å². The standard InChI is InChI=1S/C15H11F3O/c16-15(17,18)12-8-6-11(7-9-12)14-13(19-14)10-4-2-1-3-5-10/h1-9,13-14H/t13-,14+/m1/s1. The molecule has 0 aromatic heterocycles. The van der Waals surface area contributed by atoms with Crippen molar-refractivity contribution in [3.05, 3.63) is 71.3 Å². The molecule has 1 fully saturated rings. The molecule has 0 aliphatic carbocycles. The summed E-state index contributed by atoms with van der Waals surface area (Å²) >= 11 is 0. The van der Waals surface area contributed by atoms with E-state index in [4.69, 9.17) is 4.74 Å². The van der Waals surface area contributed by atoms with Gasteiger partial charge < -0.3 is 4.74 Å². The van der Waals surface area contributed by atoms with E-state index in [0.717, 1.165) is 23.3 Å². The largest absolute Gasteiger partial charge is 0.416 e. The van der Waals surface area contributed by atoms with E-state index in [2.05, 4.69) is 0 Å². The molecule has 0 unspecified atom stereocenters. The second kappa shape index (κ2) is 4.38. The van der Waals surface area contributed by atoms with Gasteiger partial charge in [-0.2, -0.15) is 13.2 Å². The highest BCUT2D eigenvalue weighted by atomic mass is 19.4. The van der Waals surface area contributed by atoms with Crippen molar-refractivity contribution in [1.29, 1.82) is 0 Å². The first-order valence-electron chi connectivity index (χ1n) is 5.93. The summed E-state index contributed by atoms with van der Waals surface area (Å²) in [6.07, 6.45) is -4.47. The van der Waals surface area contributed by atoms with Gasteiger partial charge in [-0.25, -0.2) is 0 Å². The summed E-state index contributed by atoms with van der Waals surface area (Å²) in [6.45, 7) is 0. The molecule has 1 aliphatic rings. The Hall–Kier alpha value is -1.81. The molecule has 2 aromatic rings. The smallest absolute Gasteiger partial charge is 0.359 e. The monoisotopic (exact) mass is 264 g/mol. The zero-order valence-corrected chi connectivity index (χ0v) is 9.89. The summed E-state index contributed by atoms with van der Waals surface area (Å²) in [6, 6.07) is 14.8. The zero-order chi connectivity index (χ0) is 13.5. The number of halogens is 3. The van der Waals surface area contributed by atoms with Crippen molar-refractivity contribution in [2.24, 2.45) is 0 Å². The number of hydrogen-bond acceptors (Lipinski definition) is 1. The van der Waals surface area contributed by atoms with Crippen molar-refractivity contribution in [2.75, 3.05) is 0 Å². The van der Waals surface area contributed by atoms with Gasteiger partial charge in [0.05, 0.1) is 5.56 Å². The molecule has 0 N–H and O–H groups in total. The van der Waals surface area contributed by atoms with Crippen LogP contribution >= 0.6 is 0 Å². The number of alkyl halides is 3. The Balaban J connectivity index is 1.76. The van der Waals surface area contributed by atoms with Crippen molar-refractivity contribution in [3.8, 4) is 0 Å². The average Bonchev–Trinajstić information content (AvgIpc) is 3.19. The minimum Gasteiger partial charge on any atom is -0.359 e. The molecule has 0 bridgehead atoms. The molecule has 2 atom stereocenters. The molecule has 1 aliphatic heterocycles. The lowest BCUT2D eigenvalue weighted by Gasteiger charge is -2.06. The summed E-state index contributed by atoms with van der Waals surface area (Å²) in [5.41, 5.74) is 1.20. The van der Waals surface area contributed by atoms with Gasteiger partial charge in [0.2, 0.25) is 0 Å². The fourth-order valence-electron chi connectivity index (χ4n) is 2.12. The van der Waals surface area contributed by atoms with Crippen LogP contribution in [0.15, 0.2) is 54.6 Å². The van der Waals surface area contributed by atoms with Crippen LogP contribution in [0.1, 0.15) is 28.9 Å². The van der Waals surface area contributed by atoms with Gasteiger partial charge in [-0.15, -0.1) is 0 Å². The fraction of sp³-hybridized carbons (Fsp3) is 0.200. The molecule has 0 saturated carbocycles.